The molecule has 2 aliphatic heterocycles. The van der Waals surface area contributed by atoms with E-state index in [4.69, 9.17) is 16.2 Å². The molecule has 3 rings (SSSR count). The summed E-state index contributed by atoms with van der Waals surface area (Å²) in [5.74, 6) is -0.555. The number of nitrogens with two attached hydrogens (primary N) is 2. The quantitative estimate of drug-likeness (QED) is 0.571. The molecule has 0 spiro atoms. The van der Waals surface area contributed by atoms with Crippen molar-refractivity contribution < 1.29 is 23.6 Å². The number of imide groups is 1. The molecule has 166 valence electrons. The first-order valence-electron chi connectivity index (χ1n) is 10.2. The zero-order valence-corrected chi connectivity index (χ0v) is 17.6. The molecule has 1 saturated heterocycles. The second-order valence-corrected chi connectivity index (χ2v) is 7.77. The van der Waals surface area contributed by atoms with Crippen LogP contribution in [0.4, 0.5) is 9.59 Å². The van der Waals surface area contributed by atoms with Gasteiger partial charge in [-0.25, -0.2) is 19.4 Å². The lowest BCUT2D eigenvalue weighted by Gasteiger charge is -2.28. The third-order valence-electron chi connectivity index (χ3n) is 5.29. The molecule has 10 nitrogen and oxygen atoms in total. The number of benzene rings is 1. The number of morpholine rings is 1. The first-order valence-corrected chi connectivity index (χ1v) is 10.2. The molecule has 2 aliphatic rings. The van der Waals surface area contributed by atoms with Gasteiger partial charge in [0.2, 0.25) is 6.34 Å². The number of aliphatic imine (C=N–C) groups is 1. The van der Waals surface area contributed by atoms with Crippen molar-refractivity contribution in [2.75, 3.05) is 26.3 Å². The number of hydrogen-bond donors (Lipinski definition) is 3. The molecule has 2 heterocycles. The molecule has 5 amide bonds. The molecule has 1 fully saturated rings. The fourth-order valence-electron chi connectivity index (χ4n) is 3.58. The van der Waals surface area contributed by atoms with Crippen LogP contribution in [0.3, 0.4) is 0 Å². The SMILES string of the molecule is C[C@H](CC1=C[N+](C(N)=O)(C(=O)[C@@H](N)Cc2ccccc2)C=N1)NC(=O)N1CCOCC1. The average molecular weight is 430 g/mol. The van der Waals surface area contributed by atoms with Crippen molar-refractivity contribution in [3.63, 3.8) is 0 Å². The molecule has 0 aliphatic carbocycles. The van der Waals surface area contributed by atoms with Crippen LogP contribution in [0.2, 0.25) is 0 Å². The van der Waals surface area contributed by atoms with E-state index in [9.17, 15) is 14.4 Å². The van der Waals surface area contributed by atoms with E-state index in [1.54, 1.807) is 4.90 Å². The summed E-state index contributed by atoms with van der Waals surface area (Å²) in [4.78, 5) is 43.5. The van der Waals surface area contributed by atoms with Gasteiger partial charge in [0, 0.05) is 32.0 Å². The average Bonchev–Trinajstić information content (AvgIpc) is 3.19. The van der Waals surface area contributed by atoms with Gasteiger partial charge in [0.1, 0.15) is 17.9 Å². The highest BCUT2D eigenvalue weighted by Crippen LogP contribution is 2.23. The highest BCUT2D eigenvalue weighted by Gasteiger charge is 2.47. The Bertz CT molecular complexity index is 881. The smallest absolute Gasteiger partial charge is 0.378 e. The summed E-state index contributed by atoms with van der Waals surface area (Å²) in [5.41, 5.74) is 13.0. The van der Waals surface area contributed by atoms with Crippen molar-refractivity contribution in [3.05, 3.63) is 47.8 Å². The molecule has 10 heteroatoms. The predicted molar refractivity (Wildman–Crippen MR) is 115 cm³/mol. The summed E-state index contributed by atoms with van der Waals surface area (Å²) in [7, 11) is 0. The number of nitrogens with one attached hydrogen (secondary N) is 1. The Kier molecular flexibility index (Phi) is 7.16. The summed E-state index contributed by atoms with van der Waals surface area (Å²) < 4.78 is 4.38. The Labute approximate surface area is 181 Å². The number of carbonyl (C=O) groups excluding carboxylic acids is 3. The van der Waals surface area contributed by atoms with E-state index < -0.39 is 22.5 Å². The molecule has 5 N–H and O–H groups in total. The number of quaternary nitrogens is 1. The minimum absolute atomic E-state index is 0.185. The van der Waals surface area contributed by atoms with Crippen LogP contribution in [0.15, 0.2) is 47.2 Å². The number of primary amides is 1. The van der Waals surface area contributed by atoms with Crippen molar-refractivity contribution in [1.29, 1.82) is 0 Å². The second kappa shape index (κ2) is 9.82. The number of hydrogen-bond acceptors (Lipinski definition) is 6. The zero-order valence-electron chi connectivity index (χ0n) is 17.6. The zero-order chi connectivity index (χ0) is 22.4. The molecule has 0 saturated carbocycles. The van der Waals surface area contributed by atoms with Crippen LogP contribution in [-0.2, 0) is 16.0 Å². The molecule has 0 radical (unpaired) electrons. The largest absolute Gasteiger partial charge is 0.432 e. The van der Waals surface area contributed by atoms with Crippen LogP contribution in [0.1, 0.15) is 18.9 Å². The minimum Gasteiger partial charge on any atom is -0.378 e. The van der Waals surface area contributed by atoms with Gasteiger partial charge in [0.25, 0.3) is 0 Å². The van der Waals surface area contributed by atoms with Gasteiger partial charge in [-0.05, 0) is 12.5 Å². The maximum atomic E-state index is 13.1. The number of rotatable bonds is 6. The van der Waals surface area contributed by atoms with Gasteiger partial charge in [-0.15, -0.1) is 4.48 Å². The van der Waals surface area contributed by atoms with Gasteiger partial charge in [-0.3, -0.25) is 0 Å². The monoisotopic (exact) mass is 429 g/mol. The van der Waals surface area contributed by atoms with Gasteiger partial charge >= 0.3 is 18.0 Å². The standard InChI is InChI=1S/C21H28N6O4/c1-15(25-21(30)26-7-9-31-10-8-26)11-17-13-27(14-24-17,20(23)29)19(28)18(22)12-16-5-3-2-4-6-16/h2-6,13-15,18H,7-12,22H2,1H3,(H2-,23,25,29,30)/p+1/t15-,18+,27?/m1/s1. The number of ether oxygens (including phenoxy) is 1. The van der Waals surface area contributed by atoms with Crippen LogP contribution in [0.25, 0.3) is 0 Å². The summed E-state index contributed by atoms with van der Waals surface area (Å²) in [6.45, 7) is 3.93. The Morgan fingerprint density at radius 2 is 1.87 bits per heavy atom. The van der Waals surface area contributed by atoms with Crippen LogP contribution < -0.4 is 16.8 Å². The third kappa shape index (κ3) is 5.35. The van der Waals surface area contributed by atoms with Crippen LogP contribution >= 0.6 is 0 Å². The van der Waals surface area contributed by atoms with Crippen LogP contribution in [0, 0.1) is 0 Å². The Morgan fingerprint density at radius 1 is 1.19 bits per heavy atom. The van der Waals surface area contributed by atoms with E-state index in [0.29, 0.717) is 38.4 Å². The maximum Gasteiger partial charge on any atom is 0.432 e. The lowest BCUT2D eigenvalue weighted by Crippen LogP contribution is -2.59. The van der Waals surface area contributed by atoms with Gasteiger partial charge in [-0.1, -0.05) is 30.3 Å². The molecule has 3 atom stereocenters. The highest BCUT2D eigenvalue weighted by atomic mass is 16.5. The first kappa shape index (κ1) is 22.6. The van der Waals surface area contributed by atoms with Crippen LogP contribution in [0.5, 0.6) is 0 Å². The van der Waals surface area contributed by atoms with Crippen LogP contribution in [-0.4, -0.2) is 72.1 Å². The van der Waals surface area contributed by atoms with Gasteiger partial charge < -0.3 is 26.4 Å². The van der Waals surface area contributed by atoms with Gasteiger partial charge in [0.05, 0.1) is 13.2 Å². The van der Waals surface area contributed by atoms with Gasteiger partial charge in [-0.2, -0.15) is 0 Å². The Balaban J connectivity index is 1.65. The molecule has 1 aromatic rings. The topological polar surface area (TPSA) is 140 Å². The predicted octanol–water partition coefficient (Wildman–Crippen LogP) is 0.682. The molecule has 0 aromatic heterocycles. The fraction of sp³-hybridized carbons (Fsp3) is 0.429. The fourth-order valence-corrected chi connectivity index (χ4v) is 3.58. The maximum absolute atomic E-state index is 13.1. The van der Waals surface area contributed by atoms with Crippen molar-refractivity contribution in [2.24, 2.45) is 16.5 Å². The summed E-state index contributed by atoms with van der Waals surface area (Å²) in [6.07, 6.45) is 3.23. The van der Waals surface area contributed by atoms with E-state index in [0.717, 1.165) is 5.56 Å². The molecule has 1 aromatic carbocycles. The number of carbonyl (C=O) groups is 3. The first-order chi connectivity index (χ1) is 14.8. The van der Waals surface area contributed by atoms with E-state index in [-0.39, 0.29) is 18.5 Å². The molecule has 0 bridgehead atoms. The summed E-state index contributed by atoms with van der Waals surface area (Å²) in [5, 5.41) is 2.90. The Hall–Kier alpha value is -3.08. The van der Waals surface area contributed by atoms with E-state index in [1.165, 1.54) is 12.5 Å². The summed E-state index contributed by atoms with van der Waals surface area (Å²) in [6, 6.07) is 7.04. The number of amides is 5. The lowest BCUT2D eigenvalue weighted by atomic mass is 10.1. The van der Waals surface area contributed by atoms with Crippen molar-refractivity contribution >= 4 is 24.3 Å². The second-order valence-electron chi connectivity index (χ2n) is 7.77. The van der Waals surface area contributed by atoms with E-state index in [2.05, 4.69) is 10.3 Å². The Morgan fingerprint density at radius 3 is 2.52 bits per heavy atom. The molecular weight excluding hydrogens is 400 g/mol. The van der Waals surface area contributed by atoms with E-state index >= 15 is 0 Å². The number of nitrogens with zero attached hydrogens (tertiary/aromatic N) is 3. The molecular formula is C21H29N6O4+. The van der Waals surface area contributed by atoms with Gasteiger partial charge in [0.15, 0.2) is 0 Å². The normalized spacial score (nSPS) is 22.5. The lowest BCUT2D eigenvalue weighted by molar-refractivity contribution is -0.606. The molecule has 1 unspecified atom stereocenters. The number of urea groups is 2. The summed E-state index contributed by atoms with van der Waals surface area (Å²) >= 11 is 0. The van der Waals surface area contributed by atoms with Crippen molar-refractivity contribution in [2.45, 2.75) is 31.8 Å². The minimum atomic E-state index is -0.935. The highest BCUT2D eigenvalue weighted by molar-refractivity contribution is 5.95. The van der Waals surface area contributed by atoms with E-state index in [1.807, 2.05) is 37.3 Å². The van der Waals surface area contributed by atoms with Crippen molar-refractivity contribution in [1.82, 2.24) is 10.2 Å². The third-order valence-corrected chi connectivity index (χ3v) is 5.29. The van der Waals surface area contributed by atoms with Crippen molar-refractivity contribution in [3.8, 4) is 0 Å². The molecule has 31 heavy (non-hydrogen) atoms.